The number of aliphatic hydroxyl groups is 1. The van der Waals surface area contributed by atoms with Crippen LogP contribution in [0.25, 0.3) is 1.43 Å². The van der Waals surface area contributed by atoms with Crippen LogP contribution in [0.2, 0.25) is 0 Å². The highest BCUT2D eigenvalue weighted by molar-refractivity contribution is 7.97. The van der Waals surface area contributed by atoms with Crippen molar-refractivity contribution < 1.29 is 19.7 Å². The van der Waals surface area contributed by atoms with E-state index in [1.807, 2.05) is 0 Å². The van der Waals surface area contributed by atoms with Gasteiger partial charge in [-0.2, -0.15) is 17.6 Å². The summed E-state index contributed by atoms with van der Waals surface area (Å²) >= 11 is 0.357. The van der Waals surface area contributed by atoms with Gasteiger partial charge in [-0.25, -0.2) is 0 Å². The fraction of sp³-hybridized carbons (Fsp3) is 0.667. The molecule has 0 radical (unpaired) electrons. The molecule has 0 saturated carbocycles. The van der Waals surface area contributed by atoms with Gasteiger partial charge in [0.15, 0.2) is 0 Å². The second kappa shape index (κ2) is 2.95. The zero-order chi connectivity index (χ0) is 8.91. The maximum atomic E-state index is 11.6. The molecule has 0 aliphatic heterocycles. The number of alkyl halides is 3. The molecule has 9 heavy (non-hydrogen) atoms. The molecule has 0 heterocycles. The third kappa shape index (κ3) is 3.23. The van der Waals surface area contributed by atoms with E-state index in [-0.39, 0.29) is 6.23 Å². The molecule has 0 bridgehead atoms. The predicted molar refractivity (Wildman–Crippen MR) is 29.6 cm³/mol. The van der Waals surface area contributed by atoms with Crippen LogP contribution in [0.5, 0.6) is 0 Å². The predicted octanol–water partition coefficient (Wildman–Crippen LogP) is 1.78. The Morgan fingerprint density at radius 1 is 1.89 bits per heavy atom. The van der Waals surface area contributed by atoms with Crippen molar-refractivity contribution in [2.24, 2.45) is 4.40 Å². The first-order valence-electron chi connectivity index (χ1n) is 2.83. The molecule has 0 rings (SSSR count). The monoisotopic (exact) mass is 163 g/mol. The number of aliphatic hydroxyl groups excluding tert-OH is 1. The molecule has 0 atom stereocenters. The molecule has 0 aliphatic rings. The molecule has 0 spiro atoms. The van der Waals surface area contributed by atoms with E-state index >= 15 is 0 Å². The quantitative estimate of drug-likeness (QED) is 0.363. The van der Waals surface area contributed by atoms with Crippen LogP contribution >= 0.6 is 11.9 Å². The van der Waals surface area contributed by atoms with Crippen molar-refractivity contribution in [3.05, 3.63) is 0 Å². The fourth-order valence-electron chi connectivity index (χ4n) is 0.110. The first-order valence-corrected chi connectivity index (χ1v) is 2.66. The summed E-state index contributed by atoms with van der Waals surface area (Å²) in [5, 5.41) is 3.19. The second-order valence-corrected chi connectivity index (χ2v) is 1.46. The van der Waals surface area contributed by atoms with Crippen molar-refractivity contribution >= 4 is 17.8 Å². The van der Waals surface area contributed by atoms with E-state index in [1.165, 1.54) is 0 Å². The summed E-state index contributed by atoms with van der Waals surface area (Å²) in [6.45, 7) is 0. The number of hydrogen-bond donors (Lipinski definition) is 1. The lowest BCUT2D eigenvalue weighted by Crippen LogP contribution is -2.21. The Kier molecular flexibility index (Phi) is 1.77. The Morgan fingerprint density at radius 3 is 2.89 bits per heavy atom. The normalized spacial score (nSPS) is 16.6. The van der Waals surface area contributed by atoms with Gasteiger partial charge in [0.2, 0.25) is 0 Å². The van der Waals surface area contributed by atoms with Gasteiger partial charge >= 0.3 is 12.1 Å². The van der Waals surface area contributed by atoms with Gasteiger partial charge in [0.1, 0.15) is 0 Å². The van der Waals surface area contributed by atoms with Crippen LogP contribution < -0.4 is 0 Å². The van der Waals surface area contributed by atoms with E-state index < -0.39 is 12.1 Å². The minimum atomic E-state index is -4.75. The summed E-state index contributed by atoms with van der Waals surface area (Å²) in [7, 11) is 0. The molecule has 0 aromatic carbocycles. The van der Waals surface area contributed by atoms with E-state index in [4.69, 9.17) is 2.80 Å². The Balaban J connectivity index is 4.16. The zero-order valence-electron chi connectivity index (χ0n) is 6.10. The lowest BCUT2D eigenvalue weighted by Gasteiger charge is -2.00. The van der Waals surface area contributed by atoms with Crippen LogP contribution in [0.1, 0.15) is 1.37 Å². The second-order valence-electron chi connectivity index (χ2n) is 1.02. The van der Waals surface area contributed by atoms with Gasteiger partial charge in [0.05, 0.1) is 0 Å². The number of hydrogen-bond acceptors (Lipinski definition) is 3. The molecule has 54 valence electrons. The highest BCUT2D eigenvalue weighted by atomic mass is 32.2. The van der Waals surface area contributed by atoms with E-state index in [1.54, 1.807) is 0 Å². The van der Waals surface area contributed by atoms with Crippen molar-refractivity contribution in [3.8, 4) is 0 Å². The molecule has 0 aromatic rings. The van der Waals surface area contributed by atoms with Gasteiger partial charge in [-0.1, -0.05) is 0 Å². The molecule has 1 N–H and O–H groups in total. The summed E-state index contributed by atoms with van der Waals surface area (Å²) < 4.78 is 49.9. The van der Waals surface area contributed by atoms with Gasteiger partial charge in [0.25, 0.3) is 1.43 Å². The topological polar surface area (TPSA) is 32.6 Å². The average molecular weight is 163 g/mol. The molecule has 2 nitrogen and oxygen atoms in total. The lowest BCUT2D eigenvalue weighted by molar-refractivity contribution is -0.0724. The van der Waals surface area contributed by atoms with Crippen LogP contribution in [0.15, 0.2) is 4.40 Å². The molecule has 0 unspecified atom stereocenters. The average Bonchev–Trinajstić information content (AvgIpc) is 1.87. The van der Waals surface area contributed by atoms with Gasteiger partial charge in [-0.15, -0.1) is 0 Å². The first kappa shape index (κ1) is 5.40. The maximum Gasteiger partial charge on any atom is 0.468 e. The van der Waals surface area contributed by atoms with Crippen LogP contribution in [-0.2, 0) is 0 Å². The molecule has 0 aromatic heterocycles. The summed E-state index contributed by atoms with van der Waals surface area (Å²) in [4.78, 5) is 0. The zero-order valence-corrected chi connectivity index (χ0v) is 4.92. The first-order chi connectivity index (χ1) is 5.02. The smallest absolute Gasteiger partial charge is 0.468 e. The fourth-order valence-corrected chi connectivity index (χ4v) is 0.331. The lowest BCUT2D eigenvalue weighted by atomic mass is 10.7. The van der Waals surface area contributed by atoms with Crippen molar-refractivity contribution in [1.82, 2.24) is 0 Å². The third-order valence-electron chi connectivity index (χ3n) is 0.390. The van der Waals surface area contributed by atoms with Crippen molar-refractivity contribution in [2.75, 3.05) is 6.23 Å². The maximum absolute atomic E-state index is 11.6. The molecule has 0 amide bonds. The minimum Gasteiger partial charge on any atom is -0.490 e. The third-order valence-corrected chi connectivity index (χ3v) is 0.685. The van der Waals surface area contributed by atoms with Crippen LogP contribution in [-0.4, -0.2) is 23.4 Å². The Labute approximate surface area is 56.8 Å². The highest BCUT2D eigenvalue weighted by Gasteiger charge is 2.35. The molecule has 0 saturated heterocycles. The van der Waals surface area contributed by atoms with Gasteiger partial charge in [-0.05, 0) is 11.9 Å². The summed E-state index contributed by atoms with van der Waals surface area (Å²) in [6, 6.07) is 0. The summed E-state index contributed by atoms with van der Waals surface area (Å²) in [5.74, 6) is -1.64. The number of rotatable bonds is 1. The highest BCUT2D eigenvalue weighted by Crippen LogP contribution is 2.16. The molecular weight excluding hydrogens is 155 g/mol. The van der Waals surface area contributed by atoms with Crippen molar-refractivity contribution in [1.29, 1.82) is 1.43 Å². The minimum absolute atomic E-state index is 0.344. The van der Waals surface area contributed by atoms with Crippen LogP contribution in [0.4, 0.5) is 13.2 Å². The molecule has 0 fully saturated rings. The Bertz CT molecular complexity index is 150. The van der Waals surface area contributed by atoms with E-state index in [9.17, 15) is 13.2 Å². The van der Waals surface area contributed by atoms with E-state index in [0.29, 0.717) is 11.9 Å². The number of nitrogens with zero attached hydrogens (tertiary/aromatic N) is 1. The largest absolute Gasteiger partial charge is 0.490 e. The van der Waals surface area contributed by atoms with Crippen LogP contribution in [0, 0.1) is 0 Å². The van der Waals surface area contributed by atoms with E-state index in [0.717, 1.165) is 0 Å². The van der Waals surface area contributed by atoms with E-state index in [2.05, 4.69) is 9.51 Å². The summed E-state index contributed by atoms with van der Waals surface area (Å²) in [5.41, 5.74) is 0. The van der Waals surface area contributed by atoms with Crippen molar-refractivity contribution in [2.45, 2.75) is 6.18 Å². The van der Waals surface area contributed by atoms with Gasteiger partial charge in [-0.3, -0.25) is 0 Å². The Morgan fingerprint density at radius 2 is 2.56 bits per heavy atom. The summed E-state index contributed by atoms with van der Waals surface area (Å²) in [6.07, 6.45) is -5.09. The SMILES string of the molecule is [3H]CSN=C(O[3H])C(F)(F)F. The van der Waals surface area contributed by atoms with Crippen molar-refractivity contribution in [3.63, 3.8) is 0 Å². The molecular formula is C3H4F3NOS. The molecule has 6 heteroatoms. The number of halogens is 3. The standard InChI is InChI=1S/C3H4F3NOS/c1-9-7-2(8)3(4,5)6/h1H3,(H,7,8)/i1T/hT. The Hall–Kier alpha value is -0.390. The van der Waals surface area contributed by atoms with Gasteiger partial charge in [0, 0.05) is 7.60 Å². The molecule has 0 aliphatic carbocycles. The van der Waals surface area contributed by atoms with Gasteiger partial charge < -0.3 is 5.11 Å². The van der Waals surface area contributed by atoms with Crippen LogP contribution in [0.3, 0.4) is 0 Å².